The molecule has 1 unspecified atom stereocenters. The molecule has 1 aliphatic carbocycles. The third-order valence-corrected chi connectivity index (χ3v) is 4.03. The van der Waals surface area contributed by atoms with Crippen LogP contribution in [0.5, 0.6) is 0 Å². The maximum atomic E-state index is 13.8. The first-order chi connectivity index (χ1) is 8.63. The highest BCUT2D eigenvalue weighted by molar-refractivity contribution is 5.23. The molecule has 1 aliphatic rings. The van der Waals surface area contributed by atoms with Crippen molar-refractivity contribution in [2.45, 2.75) is 38.6 Å². The van der Waals surface area contributed by atoms with Crippen LogP contribution in [0.3, 0.4) is 0 Å². The van der Waals surface area contributed by atoms with E-state index in [1.807, 2.05) is 0 Å². The van der Waals surface area contributed by atoms with Crippen LogP contribution in [0.15, 0.2) is 18.2 Å². The SMILES string of the molecule is CC1CCC(C(NN)c2cccc(F)c2F)CC1. The van der Waals surface area contributed by atoms with Crippen molar-refractivity contribution in [1.29, 1.82) is 0 Å². The second kappa shape index (κ2) is 5.76. The maximum Gasteiger partial charge on any atom is 0.163 e. The Bertz CT molecular complexity index is 401. The number of nitrogens with two attached hydrogens (primary N) is 1. The molecule has 0 heterocycles. The lowest BCUT2D eigenvalue weighted by Gasteiger charge is -2.32. The lowest BCUT2D eigenvalue weighted by atomic mass is 9.77. The summed E-state index contributed by atoms with van der Waals surface area (Å²) in [6, 6.07) is 3.98. The summed E-state index contributed by atoms with van der Waals surface area (Å²) < 4.78 is 27.1. The first-order valence-corrected chi connectivity index (χ1v) is 6.53. The molecule has 0 saturated heterocycles. The van der Waals surface area contributed by atoms with E-state index in [0.29, 0.717) is 5.56 Å². The van der Waals surface area contributed by atoms with Gasteiger partial charge in [0.05, 0.1) is 6.04 Å². The molecule has 0 spiro atoms. The summed E-state index contributed by atoms with van der Waals surface area (Å²) in [6.07, 6.45) is 4.26. The van der Waals surface area contributed by atoms with Crippen LogP contribution in [0.25, 0.3) is 0 Å². The van der Waals surface area contributed by atoms with Gasteiger partial charge >= 0.3 is 0 Å². The molecule has 1 aromatic carbocycles. The summed E-state index contributed by atoms with van der Waals surface area (Å²) in [6.45, 7) is 2.23. The minimum atomic E-state index is -0.808. The zero-order valence-corrected chi connectivity index (χ0v) is 10.6. The average molecular weight is 254 g/mol. The van der Waals surface area contributed by atoms with Crippen molar-refractivity contribution in [2.24, 2.45) is 17.7 Å². The molecule has 2 rings (SSSR count). The number of halogens is 2. The van der Waals surface area contributed by atoms with Gasteiger partial charge in [0, 0.05) is 5.56 Å². The number of hydrogen-bond acceptors (Lipinski definition) is 2. The molecule has 2 nitrogen and oxygen atoms in total. The molecule has 0 bridgehead atoms. The topological polar surface area (TPSA) is 38.0 Å². The van der Waals surface area contributed by atoms with Gasteiger partial charge in [0.15, 0.2) is 11.6 Å². The van der Waals surface area contributed by atoms with Gasteiger partial charge in [-0.05, 0) is 30.7 Å². The van der Waals surface area contributed by atoms with Crippen molar-refractivity contribution in [3.8, 4) is 0 Å². The van der Waals surface area contributed by atoms with E-state index in [-0.39, 0.29) is 12.0 Å². The van der Waals surface area contributed by atoms with E-state index in [1.165, 1.54) is 6.07 Å². The van der Waals surface area contributed by atoms with Crippen molar-refractivity contribution in [3.63, 3.8) is 0 Å². The largest absolute Gasteiger partial charge is 0.271 e. The number of rotatable bonds is 3. The molecule has 4 heteroatoms. The lowest BCUT2D eigenvalue weighted by Crippen LogP contribution is -2.36. The fourth-order valence-corrected chi connectivity index (χ4v) is 2.86. The van der Waals surface area contributed by atoms with Gasteiger partial charge in [-0.3, -0.25) is 11.3 Å². The van der Waals surface area contributed by atoms with Crippen molar-refractivity contribution in [2.75, 3.05) is 0 Å². The van der Waals surface area contributed by atoms with Gasteiger partial charge in [0.2, 0.25) is 0 Å². The van der Waals surface area contributed by atoms with E-state index in [0.717, 1.165) is 37.7 Å². The Morgan fingerprint density at radius 1 is 1.22 bits per heavy atom. The Morgan fingerprint density at radius 2 is 1.89 bits per heavy atom. The van der Waals surface area contributed by atoms with Crippen LogP contribution in [0.4, 0.5) is 8.78 Å². The zero-order valence-electron chi connectivity index (χ0n) is 10.6. The van der Waals surface area contributed by atoms with Gasteiger partial charge < -0.3 is 0 Å². The van der Waals surface area contributed by atoms with Gasteiger partial charge in [0.25, 0.3) is 0 Å². The van der Waals surface area contributed by atoms with Gasteiger partial charge in [-0.25, -0.2) is 8.78 Å². The minimum absolute atomic E-state index is 0.280. The summed E-state index contributed by atoms with van der Waals surface area (Å²) >= 11 is 0. The predicted octanol–water partition coefficient (Wildman–Crippen LogP) is 3.30. The molecule has 0 aliphatic heterocycles. The number of hydrazine groups is 1. The normalized spacial score (nSPS) is 26.0. The van der Waals surface area contributed by atoms with E-state index in [4.69, 9.17) is 5.84 Å². The second-order valence-corrected chi connectivity index (χ2v) is 5.31. The van der Waals surface area contributed by atoms with Crippen molar-refractivity contribution in [1.82, 2.24) is 5.43 Å². The predicted molar refractivity (Wildman–Crippen MR) is 67.5 cm³/mol. The van der Waals surface area contributed by atoms with Crippen LogP contribution < -0.4 is 11.3 Å². The van der Waals surface area contributed by atoms with Crippen LogP contribution in [-0.4, -0.2) is 0 Å². The highest BCUT2D eigenvalue weighted by Crippen LogP contribution is 2.37. The zero-order chi connectivity index (χ0) is 13.1. The molecule has 0 radical (unpaired) electrons. The van der Waals surface area contributed by atoms with Crippen LogP contribution in [0.2, 0.25) is 0 Å². The number of nitrogens with one attached hydrogen (secondary N) is 1. The molecule has 1 atom stereocenters. The molecular weight excluding hydrogens is 234 g/mol. The van der Waals surface area contributed by atoms with Gasteiger partial charge in [-0.2, -0.15) is 0 Å². The first kappa shape index (κ1) is 13.4. The van der Waals surface area contributed by atoms with Gasteiger partial charge in [-0.15, -0.1) is 0 Å². The third-order valence-electron chi connectivity index (χ3n) is 4.03. The molecule has 0 amide bonds. The quantitative estimate of drug-likeness (QED) is 0.641. The molecule has 3 N–H and O–H groups in total. The first-order valence-electron chi connectivity index (χ1n) is 6.53. The molecule has 1 saturated carbocycles. The van der Waals surface area contributed by atoms with E-state index in [1.54, 1.807) is 6.07 Å². The maximum absolute atomic E-state index is 13.8. The Labute approximate surface area is 107 Å². The fourth-order valence-electron chi connectivity index (χ4n) is 2.86. The van der Waals surface area contributed by atoms with Crippen molar-refractivity contribution in [3.05, 3.63) is 35.4 Å². The minimum Gasteiger partial charge on any atom is -0.271 e. The fraction of sp³-hybridized carbons (Fsp3) is 0.571. The lowest BCUT2D eigenvalue weighted by molar-refractivity contribution is 0.228. The molecular formula is C14H20F2N2. The molecule has 100 valence electrons. The van der Waals surface area contributed by atoms with Crippen LogP contribution in [0.1, 0.15) is 44.2 Å². The second-order valence-electron chi connectivity index (χ2n) is 5.31. The van der Waals surface area contributed by atoms with Crippen molar-refractivity contribution >= 4 is 0 Å². The number of hydrogen-bond donors (Lipinski definition) is 2. The van der Waals surface area contributed by atoms with Crippen LogP contribution in [0, 0.1) is 23.5 Å². The number of benzene rings is 1. The Morgan fingerprint density at radius 3 is 2.50 bits per heavy atom. The Kier molecular flexibility index (Phi) is 4.30. The highest BCUT2D eigenvalue weighted by Gasteiger charge is 2.28. The smallest absolute Gasteiger partial charge is 0.163 e. The molecule has 1 aromatic rings. The Balaban J connectivity index is 2.20. The summed E-state index contributed by atoms with van der Waals surface area (Å²) in [5, 5.41) is 0. The Hall–Kier alpha value is -1.00. The summed E-state index contributed by atoms with van der Waals surface area (Å²) in [4.78, 5) is 0. The van der Waals surface area contributed by atoms with Crippen LogP contribution in [-0.2, 0) is 0 Å². The summed E-state index contributed by atoms with van der Waals surface area (Å²) in [5.74, 6) is 4.96. The van der Waals surface area contributed by atoms with E-state index in [2.05, 4.69) is 12.3 Å². The average Bonchev–Trinajstić information content (AvgIpc) is 2.37. The highest BCUT2D eigenvalue weighted by atomic mass is 19.2. The standard InChI is InChI=1S/C14H20F2N2/c1-9-5-7-10(8-6-9)14(18-17)11-3-2-4-12(15)13(11)16/h2-4,9-10,14,18H,5-8,17H2,1H3. The summed E-state index contributed by atoms with van der Waals surface area (Å²) in [5.41, 5.74) is 3.01. The summed E-state index contributed by atoms with van der Waals surface area (Å²) in [7, 11) is 0. The van der Waals surface area contributed by atoms with E-state index < -0.39 is 11.6 Å². The van der Waals surface area contributed by atoms with Crippen molar-refractivity contribution < 1.29 is 8.78 Å². The van der Waals surface area contributed by atoms with E-state index >= 15 is 0 Å². The molecule has 1 fully saturated rings. The van der Waals surface area contributed by atoms with E-state index in [9.17, 15) is 8.78 Å². The molecule has 18 heavy (non-hydrogen) atoms. The third kappa shape index (κ3) is 2.70. The van der Waals surface area contributed by atoms with Gasteiger partial charge in [0.1, 0.15) is 0 Å². The monoisotopic (exact) mass is 254 g/mol. The molecule has 0 aromatic heterocycles. The van der Waals surface area contributed by atoms with Crippen LogP contribution >= 0.6 is 0 Å². The van der Waals surface area contributed by atoms with Gasteiger partial charge in [-0.1, -0.05) is 31.9 Å².